The number of hydrogen-bond acceptors (Lipinski definition) is 15. The Morgan fingerprint density at radius 1 is 0.284 bits per heavy atom. The lowest BCUT2D eigenvalue weighted by Gasteiger charge is -2.24. The average Bonchev–Trinajstić information content (AvgIpc) is 0.852. The highest BCUT2D eigenvalue weighted by atomic mass is 35.5. The smallest absolute Gasteiger partial charge is 0.0606 e. The van der Waals surface area contributed by atoms with Crippen LogP contribution in [0.15, 0.2) is 170 Å². The van der Waals surface area contributed by atoms with Crippen LogP contribution in [0.4, 0.5) is 17.1 Å². The first kappa shape index (κ1) is 94.3. The molecule has 0 spiro atoms. The molecule has 15 nitrogen and oxygen atoms in total. The zero-order chi connectivity index (χ0) is 79.1. The normalized spacial score (nSPS) is 12.5. The Bertz CT molecular complexity index is 3420. The fourth-order valence-corrected chi connectivity index (χ4v) is 14.6. The lowest BCUT2D eigenvalue weighted by Crippen LogP contribution is -2.29. The molecule has 8 rings (SSSR count). The van der Waals surface area contributed by atoms with Crippen LogP contribution in [0.25, 0.3) is 0 Å². The van der Waals surface area contributed by atoms with Crippen LogP contribution in [0, 0.1) is 0 Å². The van der Waals surface area contributed by atoms with Crippen molar-refractivity contribution >= 4 is 98.3 Å². The van der Waals surface area contributed by atoms with Gasteiger partial charge in [-0.25, -0.2) is 0 Å². The average molecular weight is 1640 g/mol. The van der Waals surface area contributed by atoms with Gasteiger partial charge in [0, 0.05) is 128 Å². The highest BCUT2D eigenvalue weighted by Crippen LogP contribution is 2.40. The number of nitrogens with zero attached hydrogens (tertiary/aromatic N) is 2. The first-order chi connectivity index (χ1) is 53.0. The van der Waals surface area contributed by atoms with Crippen molar-refractivity contribution < 1.29 is 61.3 Å². The molecule has 8 aromatic carbocycles. The lowest BCUT2D eigenvalue weighted by molar-refractivity contribution is 0.280. The van der Waals surface area contributed by atoms with E-state index in [1.807, 2.05) is 101 Å². The number of aryl methyl sites for hydroxylation is 3. The number of nitrogens with one attached hydrogen (secondary N) is 1. The van der Waals surface area contributed by atoms with Gasteiger partial charge in [0.15, 0.2) is 0 Å². The SMILES string of the molecule is OCCCC(Cl)c1cc(C(Cl)CCCO)cc(C(Cl)CCCO)c1.OCCCCc1cc(CCCCO)c(Cl)c(CCCCO)c1Cl.OCCCc1ccc(C(c2ccc(Cl)cc2)c2ccc(N(CCO)CCO)cc2)cc1.OCCNc1ccc(C(c2ccc(Cl)cc2)c2ccc(N(CCO)CCO)cc2)cc1. The van der Waals surface area contributed by atoms with Gasteiger partial charge in [-0.05, 0) is 242 Å². The van der Waals surface area contributed by atoms with Gasteiger partial charge in [0.2, 0.25) is 0 Å². The Morgan fingerprint density at radius 3 is 0.899 bits per heavy atom. The predicted molar refractivity (Wildman–Crippen MR) is 452 cm³/mol. The first-order valence-electron chi connectivity index (χ1n) is 38.0. The fourth-order valence-electron chi connectivity index (χ4n) is 12.8. The molecule has 5 atom stereocenters. The Kier molecular flexibility index (Phi) is 47.8. The lowest BCUT2D eigenvalue weighted by atomic mass is 9.84. The third-order valence-electron chi connectivity index (χ3n) is 18.6. The molecule has 0 aliphatic rings. The monoisotopic (exact) mass is 1640 g/mol. The number of halogens is 7. The summed E-state index contributed by atoms with van der Waals surface area (Å²) < 4.78 is 0. The van der Waals surface area contributed by atoms with E-state index in [0.29, 0.717) is 81.3 Å². The summed E-state index contributed by atoms with van der Waals surface area (Å²) in [6, 6.07) is 57.2. The third-order valence-corrected chi connectivity index (χ3v) is 21.5. The molecule has 8 aromatic rings. The maximum absolute atomic E-state index is 9.32. The first-order valence-corrected chi connectivity index (χ1v) is 40.8. The van der Waals surface area contributed by atoms with Crippen LogP contribution in [0.1, 0.15) is 184 Å². The maximum atomic E-state index is 9.32. The van der Waals surface area contributed by atoms with E-state index >= 15 is 0 Å². The summed E-state index contributed by atoms with van der Waals surface area (Å²) in [4.78, 5) is 3.93. The second-order valence-corrected chi connectivity index (χ2v) is 29.8. The third kappa shape index (κ3) is 33.0. The van der Waals surface area contributed by atoms with Gasteiger partial charge in [0.25, 0.3) is 0 Å². The van der Waals surface area contributed by atoms with Gasteiger partial charge in [-0.1, -0.05) is 156 Å². The van der Waals surface area contributed by atoms with E-state index in [-0.39, 0.29) is 107 Å². The van der Waals surface area contributed by atoms with E-state index in [1.54, 1.807) is 0 Å². The molecule has 0 radical (unpaired) electrons. The summed E-state index contributed by atoms with van der Waals surface area (Å²) in [6.45, 7) is 3.75. The van der Waals surface area contributed by atoms with E-state index in [0.717, 1.165) is 159 Å². The zero-order valence-electron chi connectivity index (χ0n) is 62.5. The number of unbranched alkanes of at least 4 members (excludes halogenated alkanes) is 3. The molecule has 0 heterocycles. The minimum Gasteiger partial charge on any atom is -0.396 e. The molecule has 0 aromatic heterocycles. The second kappa shape index (κ2) is 55.2. The minimum atomic E-state index is -0.209. The maximum Gasteiger partial charge on any atom is 0.0606 e. The quantitative estimate of drug-likeness (QED) is 0.00961. The molecule has 13 N–H and O–H groups in total. The van der Waals surface area contributed by atoms with Crippen molar-refractivity contribution in [3.63, 3.8) is 0 Å². The molecule has 0 saturated carbocycles. The van der Waals surface area contributed by atoms with Crippen molar-refractivity contribution in [2.75, 3.05) is 127 Å². The highest BCUT2D eigenvalue weighted by molar-refractivity contribution is 6.37. The summed E-state index contributed by atoms with van der Waals surface area (Å²) >= 11 is 44.8. The summed E-state index contributed by atoms with van der Waals surface area (Å²) in [6.07, 6.45) is 12.9. The molecule has 0 aliphatic carbocycles. The van der Waals surface area contributed by atoms with Crippen LogP contribution in [-0.4, -0.2) is 173 Å². The van der Waals surface area contributed by atoms with Crippen LogP contribution >= 0.6 is 81.2 Å². The molecular weight excluding hydrogens is 1530 g/mol. The van der Waals surface area contributed by atoms with Gasteiger partial charge in [-0.2, -0.15) is 0 Å². The second-order valence-electron chi connectivity index (χ2n) is 26.6. The van der Waals surface area contributed by atoms with Crippen molar-refractivity contribution in [3.8, 4) is 0 Å². The van der Waals surface area contributed by atoms with Gasteiger partial charge in [-0.15, -0.1) is 34.8 Å². The minimum absolute atomic E-state index is 0.0299. The number of benzene rings is 8. The number of rotatable bonds is 46. The van der Waals surface area contributed by atoms with E-state index in [9.17, 15) is 20.4 Å². The van der Waals surface area contributed by atoms with Gasteiger partial charge in [0.1, 0.15) is 0 Å². The number of hydrogen-bond donors (Lipinski definition) is 13. The van der Waals surface area contributed by atoms with E-state index < -0.39 is 0 Å². The molecule has 22 heteroatoms. The van der Waals surface area contributed by atoms with E-state index in [1.165, 1.54) is 11.1 Å². The zero-order valence-corrected chi connectivity index (χ0v) is 67.8. The summed E-state index contributed by atoms with van der Waals surface area (Å²) in [5.41, 5.74) is 17.0. The molecule has 0 amide bonds. The molecule has 5 unspecified atom stereocenters. The van der Waals surface area contributed by atoms with Gasteiger partial charge < -0.3 is 76.4 Å². The molecule has 0 fully saturated rings. The molecular formula is C87H114Cl7N3O12. The molecule has 598 valence electrons. The van der Waals surface area contributed by atoms with E-state index in [4.69, 9.17) is 122 Å². The summed E-state index contributed by atoms with van der Waals surface area (Å²) in [5.74, 6) is 0.0877. The predicted octanol–water partition coefficient (Wildman–Crippen LogP) is 16.7. The van der Waals surface area contributed by atoms with E-state index in [2.05, 4.69) is 84.2 Å². The molecule has 109 heavy (non-hydrogen) atoms. The van der Waals surface area contributed by atoms with Gasteiger partial charge in [0.05, 0.1) is 49.2 Å². The van der Waals surface area contributed by atoms with Crippen molar-refractivity contribution in [3.05, 3.63) is 262 Å². The Balaban J connectivity index is 0.000000263. The standard InChI is InChI=1S/C26H30ClNO3.C25H29ClN2O3.C18H27Cl3O3.C18H28Cl2O3/c27-24-11-7-22(8-12-24)26(21-5-3-20(4-6-21)2-1-17-29)23-9-13-25(14-10-23)28(15-18-30)16-19-31;26-22-7-1-19(2-8-22)25(20-3-9-23(10-4-20)27-13-16-29)21-5-11-24(12-6-21)28(14-17-30)15-18-31;19-16(4-1-7-22)13-10-14(17(20)5-2-8-23)12-15(11-13)18(21)6-3-9-24;19-17-14(7-1-4-10-21)13-15(8-2-5-11-22)18(20)16(17)9-3-6-12-23/h3-14,26,29-31H,1-2,15-19H2;1-12,25,27,29-31H,13-18H2;10-12,16-18,22-24H,1-9H2;13,21-23H,1-12H2. The van der Waals surface area contributed by atoms with Crippen molar-refractivity contribution in [2.45, 2.75) is 137 Å². The van der Waals surface area contributed by atoms with Crippen LogP contribution in [0.5, 0.6) is 0 Å². The number of aliphatic hydroxyl groups excluding tert-OH is 12. The highest BCUT2D eigenvalue weighted by Gasteiger charge is 2.23. The number of alkyl halides is 3. The molecule has 0 bridgehead atoms. The fraction of sp³-hybridized carbons (Fsp3) is 0.448. The van der Waals surface area contributed by atoms with Crippen LogP contribution < -0.4 is 15.1 Å². The molecule has 0 saturated heterocycles. The van der Waals surface area contributed by atoms with Crippen LogP contribution in [0.3, 0.4) is 0 Å². The van der Waals surface area contributed by atoms with Gasteiger partial charge in [-0.3, -0.25) is 0 Å². The summed E-state index contributed by atoms with van der Waals surface area (Å²) in [7, 11) is 0. The molecule has 0 aliphatic heterocycles. The summed E-state index contributed by atoms with van der Waals surface area (Å²) in [5, 5.41) is 115. The largest absolute Gasteiger partial charge is 0.396 e. The Morgan fingerprint density at radius 2 is 0.587 bits per heavy atom. The van der Waals surface area contributed by atoms with Crippen LogP contribution in [-0.2, 0) is 25.7 Å². The Labute approximate surface area is 681 Å². The number of anilines is 3. The number of aliphatic hydroxyl groups is 12. The van der Waals surface area contributed by atoms with Crippen molar-refractivity contribution in [1.82, 2.24) is 0 Å². The van der Waals surface area contributed by atoms with Gasteiger partial charge >= 0.3 is 0 Å². The van der Waals surface area contributed by atoms with Crippen LogP contribution in [0.2, 0.25) is 20.1 Å². The Hall–Kier alpha value is -5.29. The van der Waals surface area contributed by atoms with Crippen molar-refractivity contribution in [2.24, 2.45) is 0 Å². The van der Waals surface area contributed by atoms with Crippen molar-refractivity contribution in [1.29, 1.82) is 0 Å². The topological polar surface area (TPSA) is 261 Å².